The number of benzene rings is 1. The van der Waals surface area contributed by atoms with Gasteiger partial charge in [0, 0.05) is 0 Å². The van der Waals surface area contributed by atoms with Crippen molar-refractivity contribution in [2.75, 3.05) is 0 Å². The van der Waals surface area contributed by atoms with Crippen LogP contribution in [0.1, 0.15) is 32.3 Å². The van der Waals surface area contributed by atoms with E-state index in [1.54, 1.807) is 0 Å². The number of hydrogen-bond donors (Lipinski definition) is 0. The molecule has 0 aliphatic heterocycles. The molecule has 66 valence electrons. The molecular formula is C11H17P. The summed E-state index contributed by atoms with van der Waals surface area (Å²) in [5.74, 6) is 1.39. The maximum atomic E-state index is 2.71. The van der Waals surface area contributed by atoms with Crippen LogP contribution in [-0.4, -0.2) is 0 Å². The first-order chi connectivity index (χ1) is 5.61. The van der Waals surface area contributed by atoms with Crippen LogP contribution in [-0.2, 0) is 0 Å². The highest BCUT2D eigenvalue weighted by atomic mass is 31.0. The van der Waals surface area contributed by atoms with Crippen LogP contribution in [0.15, 0.2) is 24.3 Å². The van der Waals surface area contributed by atoms with Gasteiger partial charge in [0.25, 0.3) is 0 Å². The highest BCUT2D eigenvalue weighted by molar-refractivity contribution is 7.27. The zero-order valence-electron chi connectivity index (χ0n) is 8.04. The van der Waals surface area contributed by atoms with Crippen molar-refractivity contribution in [3.05, 3.63) is 29.8 Å². The Kier molecular flexibility index (Phi) is 3.29. The van der Waals surface area contributed by atoms with E-state index in [0.29, 0.717) is 5.92 Å². The van der Waals surface area contributed by atoms with Crippen LogP contribution in [0, 0.1) is 5.92 Å². The van der Waals surface area contributed by atoms with Gasteiger partial charge < -0.3 is 0 Å². The summed E-state index contributed by atoms with van der Waals surface area (Å²) in [5.41, 5.74) is 1.44. The SMILES string of the molecule is CC(C)C(C)c1ccc(P)cc1. The van der Waals surface area contributed by atoms with Gasteiger partial charge in [0.1, 0.15) is 0 Å². The van der Waals surface area contributed by atoms with Crippen LogP contribution in [0.5, 0.6) is 0 Å². The highest BCUT2D eigenvalue weighted by Gasteiger charge is 2.08. The molecule has 0 aliphatic rings. The monoisotopic (exact) mass is 180 g/mol. The summed E-state index contributed by atoms with van der Waals surface area (Å²) in [6, 6.07) is 8.73. The minimum atomic E-state index is 0.663. The van der Waals surface area contributed by atoms with Crippen molar-refractivity contribution in [3.63, 3.8) is 0 Å². The van der Waals surface area contributed by atoms with Gasteiger partial charge in [-0.05, 0) is 22.7 Å². The van der Waals surface area contributed by atoms with Crippen LogP contribution < -0.4 is 5.30 Å². The fraction of sp³-hybridized carbons (Fsp3) is 0.455. The van der Waals surface area contributed by atoms with Gasteiger partial charge in [-0.15, -0.1) is 9.24 Å². The topological polar surface area (TPSA) is 0 Å². The van der Waals surface area contributed by atoms with Gasteiger partial charge in [-0.1, -0.05) is 45.0 Å². The van der Waals surface area contributed by atoms with Gasteiger partial charge in [0.05, 0.1) is 0 Å². The quantitative estimate of drug-likeness (QED) is 0.614. The lowest BCUT2D eigenvalue weighted by Gasteiger charge is -2.15. The third-order valence-electron chi connectivity index (χ3n) is 2.46. The van der Waals surface area contributed by atoms with E-state index in [9.17, 15) is 0 Å². The first-order valence-corrected chi connectivity index (χ1v) is 5.04. The number of hydrogen-bond acceptors (Lipinski definition) is 0. The van der Waals surface area contributed by atoms with Gasteiger partial charge in [-0.2, -0.15) is 0 Å². The third-order valence-corrected chi connectivity index (χ3v) is 2.85. The Balaban J connectivity index is 2.82. The molecule has 1 rings (SSSR count). The molecule has 0 radical (unpaired) electrons. The second kappa shape index (κ2) is 4.05. The van der Waals surface area contributed by atoms with Gasteiger partial charge in [0.15, 0.2) is 0 Å². The summed E-state index contributed by atoms with van der Waals surface area (Å²) in [5, 5.41) is 1.26. The molecule has 0 nitrogen and oxygen atoms in total. The average Bonchev–Trinajstić information content (AvgIpc) is 2.04. The molecule has 2 unspecified atom stereocenters. The van der Waals surface area contributed by atoms with E-state index in [-0.39, 0.29) is 0 Å². The van der Waals surface area contributed by atoms with E-state index < -0.39 is 0 Å². The Hall–Kier alpha value is -0.350. The smallest absolute Gasteiger partial charge is 0.0167 e. The van der Waals surface area contributed by atoms with E-state index in [1.807, 2.05) is 0 Å². The van der Waals surface area contributed by atoms with Crippen molar-refractivity contribution in [1.29, 1.82) is 0 Å². The van der Waals surface area contributed by atoms with E-state index in [1.165, 1.54) is 10.9 Å². The molecule has 0 fully saturated rings. The summed E-state index contributed by atoms with van der Waals surface area (Å²) in [4.78, 5) is 0. The van der Waals surface area contributed by atoms with E-state index in [0.717, 1.165) is 5.92 Å². The molecular weight excluding hydrogens is 163 g/mol. The molecule has 0 saturated carbocycles. The molecule has 2 atom stereocenters. The van der Waals surface area contributed by atoms with Crippen LogP contribution in [0.2, 0.25) is 0 Å². The maximum Gasteiger partial charge on any atom is -0.0167 e. The fourth-order valence-electron chi connectivity index (χ4n) is 1.18. The molecule has 0 heterocycles. The molecule has 12 heavy (non-hydrogen) atoms. The van der Waals surface area contributed by atoms with E-state index in [4.69, 9.17) is 0 Å². The Labute approximate surface area is 77.6 Å². The summed E-state index contributed by atoms with van der Waals surface area (Å²) >= 11 is 0. The van der Waals surface area contributed by atoms with Crippen molar-refractivity contribution in [1.82, 2.24) is 0 Å². The largest absolute Gasteiger partial charge is 0.106 e. The lowest BCUT2D eigenvalue weighted by atomic mass is 9.90. The maximum absolute atomic E-state index is 2.71. The van der Waals surface area contributed by atoms with Crippen LogP contribution in [0.4, 0.5) is 0 Å². The van der Waals surface area contributed by atoms with Crippen LogP contribution >= 0.6 is 9.24 Å². The van der Waals surface area contributed by atoms with Gasteiger partial charge in [-0.3, -0.25) is 0 Å². The molecule has 0 N–H and O–H groups in total. The summed E-state index contributed by atoms with van der Waals surface area (Å²) in [6.45, 7) is 6.81. The lowest BCUT2D eigenvalue weighted by Crippen LogP contribution is -2.02. The lowest BCUT2D eigenvalue weighted by molar-refractivity contribution is 0.535. The highest BCUT2D eigenvalue weighted by Crippen LogP contribution is 2.22. The van der Waals surface area contributed by atoms with Crippen molar-refractivity contribution in [2.24, 2.45) is 5.92 Å². The minimum Gasteiger partial charge on any atom is -0.106 e. The zero-order valence-corrected chi connectivity index (χ0v) is 9.20. The summed E-state index contributed by atoms with van der Waals surface area (Å²) in [7, 11) is 2.71. The molecule has 0 aromatic heterocycles. The van der Waals surface area contributed by atoms with Crippen molar-refractivity contribution in [3.8, 4) is 0 Å². The molecule has 0 saturated heterocycles. The third kappa shape index (κ3) is 2.32. The Morgan fingerprint density at radius 2 is 1.50 bits per heavy atom. The molecule has 0 spiro atoms. The van der Waals surface area contributed by atoms with Crippen molar-refractivity contribution in [2.45, 2.75) is 26.7 Å². The molecule has 1 heteroatoms. The summed E-state index contributed by atoms with van der Waals surface area (Å²) in [6.07, 6.45) is 0. The zero-order chi connectivity index (χ0) is 9.14. The second-order valence-electron chi connectivity index (χ2n) is 3.70. The van der Waals surface area contributed by atoms with E-state index >= 15 is 0 Å². The second-order valence-corrected chi connectivity index (χ2v) is 4.37. The number of rotatable bonds is 2. The average molecular weight is 180 g/mol. The summed E-state index contributed by atoms with van der Waals surface area (Å²) < 4.78 is 0. The van der Waals surface area contributed by atoms with Gasteiger partial charge in [-0.25, -0.2) is 0 Å². The van der Waals surface area contributed by atoms with Gasteiger partial charge >= 0.3 is 0 Å². The van der Waals surface area contributed by atoms with Crippen LogP contribution in [0.3, 0.4) is 0 Å². The first kappa shape index (κ1) is 9.74. The Morgan fingerprint density at radius 1 is 1.00 bits per heavy atom. The molecule has 0 aliphatic carbocycles. The van der Waals surface area contributed by atoms with Crippen molar-refractivity contribution < 1.29 is 0 Å². The van der Waals surface area contributed by atoms with Crippen LogP contribution in [0.25, 0.3) is 0 Å². The Bertz CT molecular complexity index is 236. The van der Waals surface area contributed by atoms with Crippen molar-refractivity contribution >= 4 is 14.5 Å². The van der Waals surface area contributed by atoms with E-state index in [2.05, 4.69) is 54.3 Å². The minimum absolute atomic E-state index is 0.663. The normalized spacial score (nSPS) is 13.4. The predicted octanol–water partition coefficient (Wildman–Crippen LogP) is 2.95. The standard InChI is InChI=1S/C11H17P/c1-8(2)9(3)10-4-6-11(12)7-5-10/h4-9H,12H2,1-3H3. The fourth-order valence-corrected chi connectivity index (χ4v) is 1.38. The molecule has 1 aromatic carbocycles. The van der Waals surface area contributed by atoms with Gasteiger partial charge in [0.2, 0.25) is 0 Å². The Morgan fingerprint density at radius 3 is 1.92 bits per heavy atom. The first-order valence-electron chi connectivity index (χ1n) is 4.46. The molecule has 0 amide bonds. The molecule has 0 bridgehead atoms. The predicted molar refractivity (Wildman–Crippen MR) is 59.0 cm³/mol. The molecule has 1 aromatic rings.